The zero-order valence-corrected chi connectivity index (χ0v) is 28.4. The zero-order valence-electron chi connectivity index (χ0n) is 27.6. The van der Waals surface area contributed by atoms with Gasteiger partial charge in [-0.25, -0.2) is 8.42 Å². The van der Waals surface area contributed by atoms with Crippen LogP contribution >= 0.6 is 0 Å². The highest BCUT2D eigenvalue weighted by atomic mass is 32.2. The second-order valence-electron chi connectivity index (χ2n) is 11.4. The summed E-state index contributed by atoms with van der Waals surface area (Å²) >= 11 is 0. The van der Waals surface area contributed by atoms with Crippen LogP contribution in [-0.2, 0) is 32.6 Å². The van der Waals surface area contributed by atoms with Crippen molar-refractivity contribution in [1.29, 1.82) is 0 Å². The zero-order chi connectivity index (χ0) is 34.0. The first-order chi connectivity index (χ1) is 22.6. The molecule has 0 aliphatic heterocycles. The van der Waals surface area contributed by atoms with Crippen LogP contribution < -0.4 is 19.1 Å². The third kappa shape index (κ3) is 8.92. The van der Waals surface area contributed by atoms with Crippen LogP contribution in [0.1, 0.15) is 37.0 Å². The van der Waals surface area contributed by atoms with Crippen LogP contribution in [0.15, 0.2) is 108 Å². The second-order valence-corrected chi connectivity index (χ2v) is 13.3. The first-order valence-electron chi connectivity index (χ1n) is 15.6. The molecule has 9 nitrogen and oxygen atoms in total. The smallest absolute Gasteiger partial charge is 0.264 e. The van der Waals surface area contributed by atoms with Crippen LogP contribution in [0, 0.1) is 6.92 Å². The predicted molar refractivity (Wildman–Crippen MR) is 184 cm³/mol. The van der Waals surface area contributed by atoms with Crippen LogP contribution in [-0.4, -0.2) is 58.0 Å². The Morgan fingerprint density at radius 1 is 0.830 bits per heavy atom. The third-order valence-corrected chi connectivity index (χ3v) is 9.75. The number of carbonyl (C=O) groups excluding carboxylic acids is 2. The van der Waals surface area contributed by atoms with Crippen LogP contribution in [0.2, 0.25) is 0 Å². The van der Waals surface area contributed by atoms with Crippen molar-refractivity contribution in [3.05, 3.63) is 120 Å². The lowest BCUT2D eigenvalue weighted by atomic mass is 10.0. The summed E-state index contributed by atoms with van der Waals surface area (Å²) in [5, 5.41) is 3.05. The number of hydrogen-bond donors (Lipinski definition) is 1. The Labute approximate surface area is 278 Å². The van der Waals surface area contributed by atoms with Gasteiger partial charge in [-0.1, -0.05) is 73.7 Å². The Balaban J connectivity index is 1.86. The molecule has 0 heterocycles. The van der Waals surface area contributed by atoms with E-state index in [1.165, 1.54) is 24.1 Å². The molecule has 4 aromatic rings. The number of nitrogens with zero attached hydrogens (tertiary/aromatic N) is 2. The minimum Gasteiger partial charge on any atom is -0.497 e. The van der Waals surface area contributed by atoms with E-state index in [9.17, 15) is 18.0 Å². The normalized spacial score (nSPS) is 12.4. The number of amides is 2. The van der Waals surface area contributed by atoms with Crippen molar-refractivity contribution in [1.82, 2.24) is 10.2 Å². The average Bonchev–Trinajstić information content (AvgIpc) is 3.09. The van der Waals surface area contributed by atoms with Gasteiger partial charge in [-0.15, -0.1) is 0 Å². The highest BCUT2D eigenvalue weighted by Gasteiger charge is 2.36. The fourth-order valence-corrected chi connectivity index (χ4v) is 6.63. The van der Waals surface area contributed by atoms with E-state index >= 15 is 0 Å². The minimum absolute atomic E-state index is 0.0195. The first-order valence-corrected chi connectivity index (χ1v) is 17.0. The first kappa shape index (κ1) is 35.0. The second kappa shape index (κ2) is 16.1. The fourth-order valence-electron chi connectivity index (χ4n) is 5.19. The van der Waals surface area contributed by atoms with E-state index in [1.54, 1.807) is 49.6 Å². The van der Waals surface area contributed by atoms with Gasteiger partial charge in [0.05, 0.1) is 24.8 Å². The Kier molecular flexibility index (Phi) is 12.0. The van der Waals surface area contributed by atoms with Crippen molar-refractivity contribution in [3.8, 4) is 11.5 Å². The van der Waals surface area contributed by atoms with Crippen molar-refractivity contribution in [3.63, 3.8) is 0 Å². The molecule has 2 unspecified atom stereocenters. The summed E-state index contributed by atoms with van der Waals surface area (Å²) in [7, 11) is -1.25. The lowest BCUT2D eigenvalue weighted by Gasteiger charge is -2.34. The van der Waals surface area contributed by atoms with E-state index in [1.807, 2.05) is 69.3 Å². The molecule has 10 heteroatoms. The van der Waals surface area contributed by atoms with Crippen molar-refractivity contribution in [2.45, 2.75) is 57.1 Å². The van der Waals surface area contributed by atoms with E-state index in [0.717, 1.165) is 21.0 Å². The van der Waals surface area contributed by atoms with Crippen LogP contribution in [0.3, 0.4) is 0 Å². The molecule has 1 N–H and O–H groups in total. The maximum absolute atomic E-state index is 14.7. The number of ether oxygens (including phenoxy) is 2. The van der Waals surface area contributed by atoms with E-state index in [4.69, 9.17) is 9.47 Å². The number of methoxy groups -OCH3 is 2. The summed E-state index contributed by atoms with van der Waals surface area (Å²) in [5.74, 6) is -0.00452. The molecule has 0 radical (unpaired) electrons. The SMILES string of the molecule is CCC(C)NC(=O)C(Cc1ccccc1)N(Cc1cccc(OC)c1)C(=O)CN(c1cc(C)ccc1OC)S(=O)(=O)c1ccccc1. The molecule has 0 aliphatic rings. The van der Waals surface area contributed by atoms with E-state index in [-0.39, 0.29) is 41.2 Å². The van der Waals surface area contributed by atoms with E-state index in [0.29, 0.717) is 12.2 Å². The molecule has 0 saturated heterocycles. The summed E-state index contributed by atoms with van der Waals surface area (Å²) in [6.45, 7) is 5.17. The molecule has 2 amide bonds. The van der Waals surface area contributed by atoms with Gasteiger partial charge in [-0.3, -0.25) is 13.9 Å². The van der Waals surface area contributed by atoms with Crippen molar-refractivity contribution in [2.24, 2.45) is 0 Å². The van der Waals surface area contributed by atoms with Crippen LogP contribution in [0.25, 0.3) is 0 Å². The Morgan fingerprint density at radius 2 is 1.49 bits per heavy atom. The lowest BCUT2D eigenvalue weighted by molar-refractivity contribution is -0.140. The maximum Gasteiger partial charge on any atom is 0.264 e. The number of rotatable bonds is 15. The van der Waals surface area contributed by atoms with Crippen LogP contribution in [0.5, 0.6) is 11.5 Å². The molecule has 0 bridgehead atoms. The molecule has 4 aromatic carbocycles. The molecule has 248 valence electrons. The largest absolute Gasteiger partial charge is 0.497 e. The van der Waals surface area contributed by atoms with Crippen LogP contribution in [0.4, 0.5) is 5.69 Å². The number of nitrogens with one attached hydrogen (secondary N) is 1. The van der Waals surface area contributed by atoms with E-state index < -0.39 is 28.5 Å². The van der Waals surface area contributed by atoms with Crippen molar-refractivity contribution >= 4 is 27.5 Å². The number of hydrogen-bond acceptors (Lipinski definition) is 6. The Bertz CT molecular complexity index is 1750. The van der Waals surface area contributed by atoms with Gasteiger partial charge in [-0.05, 0) is 73.4 Å². The molecule has 0 fully saturated rings. The fraction of sp³-hybridized carbons (Fsp3) is 0.297. The summed E-state index contributed by atoms with van der Waals surface area (Å²) in [4.78, 5) is 30.2. The van der Waals surface area contributed by atoms with Gasteiger partial charge < -0.3 is 19.7 Å². The van der Waals surface area contributed by atoms with Gasteiger partial charge in [0.2, 0.25) is 11.8 Å². The highest BCUT2D eigenvalue weighted by molar-refractivity contribution is 7.92. The van der Waals surface area contributed by atoms with E-state index in [2.05, 4.69) is 5.32 Å². The number of sulfonamides is 1. The molecular weight excluding hydrogens is 614 g/mol. The quantitative estimate of drug-likeness (QED) is 0.174. The van der Waals surface area contributed by atoms with Crippen molar-refractivity contribution in [2.75, 3.05) is 25.1 Å². The number of carbonyl (C=O) groups is 2. The van der Waals surface area contributed by atoms with Gasteiger partial charge >= 0.3 is 0 Å². The molecule has 0 aromatic heterocycles. The lowest BCUT2D eigenvalue weighted by Crippen LogP contribution is -2.54. The topological polar surface area (TPSA) is 105 Å². The Morgan fingerprint density at radius 3 is 2.13 bits per heavy atom. The summed E-state index contributed by atoms with van der Waals surface area (Å²) < 4.78 is 40.7. The van der Waals surface area contributed by atoms with Gasteiger partial charge in [0.15, 0.2) is 0 Å². The van der Waals surface area contributed by atoms with Gasteiger partial charge in [0.25, 0.3) is 10.0 Å². The maximum atomic E-state index is 14.7. The summed E-state index contributed by atoms with van der Waals surface area (Å²) in [5.41, 5.74) is 2.58. The molecule has 2 atom stereocenters. The Hall–Kier alpha value is -4.83. The molecule has 0 aliphatic carbocycles. The monoisotopic (exact) mass is 657 g/mol. The summed E-state index contributed by atoms with van der Waals surface area (Å²) in [6, 6.07) is 28.7. The average molecular weight is 658 g/mol. The number of anilines is 1. The van der Waals surface area contributed by atoms with Gasteiger partial charge in [0.1, 0.15) is 24.1 Å². The number of benzene rings is 4. The van der Waals surface area contributed by atoms with Crippen molar-refractivity contribution < 1.29 is 27.5 Å². The summed E-state index contributed by atoms with van der Waals surface area (Å²) in [6.07, 6.45) is 0.919. The highest BCUT2D eigenvalue weighted by Crippen LogP contribution is 2.34. The standard InChI is InChI=1S/C37H43N3O6S/c1-6-28(3)38-37(42)34(24-29-14-9-7-10-15-29)39(25-30-16-13-17-31(23-30)45-4)36(41)26-40(33-22-27(2)20-21-35(33)46-5)47(43,44)32-18-11-8-12-19-32/h7-23,28,34H,6,24-26H2,1-5H3,(H,38,42). The molecular formula is C37H43N3O6S. The third-order valence-electron chi connectivity index (χ3n) is 7.97. The number of aryl methyl sites for hydroxylation is 1. The minimum atomic E-state index is -4.26. The molecule has 0 saturated carbocycles. The van der Waals surface area contributed by atoms with Gasteiger partial charge in [-0.2, -0.15) is 0 Å². The molecule has 0 spiro atoms. The molecule has 4 rings (SSSR count). The molecule has 47 heavy (non-hydrogen) atoms. The van der Waals surface area contributed by atoms with Gasteiger partial charge in [0, 0.05) is 19.0 Å². The predicted octanol–water partition coefficient (Wildman–Crippen LogP) is 5.76.